The lowest BCUT2D eigenvalue weighted by Gasteiger charge is -2.29. The third-order valence-corrected chi connectivity index (χ3v) is 5.68. The molecule has 3 nitrogen and oxygen atoms in total. The van der Waals surface area contributed by atoms with E-state index >= 15 is 0 Å². The Morgan fingerprint density at radius 3 is 2.50 bits per heavy atom. The summed E-state index contributed by atoms with van der Waals surface area (Å²) in [5.41, 5.74) is 1.95. The maximum absolute atomic E-state index is 13.5. The van der Waals surface area contributed by atoms with Crippen LogP contribution in [0, 0.1) is 23.5 Å². The zero-order valence-corrected chi connectivity index (χ0v) is 14.7. The van der Waals surface area contributed by atoms with E-state index in [1.165, 1.54) is 17.7 Å². The number of halogens is 2. The van der Waals surface area contributed by atoms with Gasteiger partial charge in [0.05, 0.1) is 6.04 Å². The van der Waals surface area contributed by atoms with Crippen molar-refractivity contribution in [3.05, 3.63) is 71.3 Å². The molecule has 0 bridgehead atoms. The van der Waals surface area contributed by atoms with Gasteiger partial charge in [0.2, 0.25) is 5.91 Å². The summed E-state index contributed by atoms with van der Waals surface area (Å²) in [6.45, 7) is 4.72. The predicted molar refractivity (Wildman–Crippen MR) is 95.2 cm³/mol. The van der Waals surface area contributed by atoms with Crippen molar-refractivity contribution < 1.29 is 13.6 Å². The summed E-state index contributed by atoms with van der Waals surface area (Å²) in [7, 11) is 0. The van der Waals surface area contributed by atoms with Crippen LogP contribution in [0.25, 0.3) is 0 Å². The predicted octanol–water partition coefficient (Wildman–Crippen LogP) is 3.62. The third kappa shape index (κ3) is 3.12. The Bertz CT molecular complexity index is 811. The normalized spacial score (nSPS) is 25.5. The van der Waals surface area contributed by atoms with Crippen molar-refractivity contribution in [2.45, 2.75) is 19.5 Å². The van der Waals surface area contributed by atoms with E-state index in [1.54, 1.807) is 13.0 Å². The standard InChI is InChI=1S/C21H22F2N2O/c1-14(26)25-12-17-11-24(10-15-7-8-19(22)20(23)9-15)13-18(17)21(25)16-5-3-2-4-6-16/h2-9,17-18,21H,10-13H2,1H3/t17-,18-,21-/m1/s1. The molecule has 2 aromatic rings. The first-order valence-electron chi connectivity index (χ1n) is 9.01. The van der Waals surface area contributed by atoms with Gasteiger partial charge in [0, 0.05) is 39.0 Å². The van der Waals surface area contributed by atoms with E-state index in [4.69, 9.17) is 0 Å². The Morgan fingerprint density at radius 1 is 1.04 bits per heavy atom. The first-order chi connectivity index (χ1) is 12.5. The first-order valence-corrected chi connectivity index (χ1v) is 9.01. The highest BCUT2D eigenvalue weighted by molar-refractivity contribution is 5.74. The first kappa shape index (κ1) is 17.2. The lowest BCUT2D eigenvalue weighted by molar-refractivity contribution is -0.130. The number of amides is 1. The van der Waals surface area contributed by atoms with E-state index in [1.807, 2.05) is 23.1 Å². The lowest BCUT2D eigenvalue weighted by atomic mass is 9.89. The highest BCUT2D eigenvalue weighted by Crippen LogP contribution is 2.45. The molecule has 2 heterocycles. The van der Waals surface area contributed by atoms with Crippen LogP contribution in [-0.2, 0) is 11.3 Å². The minimum absolute atomic E-state index is 0.0913. The fraction of sp³-hybridized carbons (Fsp3) is 0.381. The van der Waals surface area contributed by atoms with Crippen LogP contribution >= 0.6 is 0 Å². The van der Waals surface area contributed by atoms with Gasteiger partial charge >= 0.3 is 0 Å². The van der Waals surface area contributed by atoms with Crippen molar-refractivity contribution in [1.29, 1.82) is 0 Å². The maximum Gasteiger partial charge on any atom is 0.219 e. The fourth-order valence-corrected chi connectivity index (χ4v) is 4.56. The Labute approximate surface area is 152 Å². The summed E-state index contributed by atoms with van der Waals surface area (Å²) in [6, 6.07) is 14.4. The molecule has 0 unspecified atom stereocenters. The van der Waals surface area contributed by atoms with Gasteiger partial charge in [-0.25, -0.2) is 8.78 Å². The molecular weight excluding hydrogens is 334 g/mol. The molecule has 0 aromatic heterocycles. The number of hydrogen-bond acceptors (Lipinski definition) is 2. The van der Waals surface area contributed by atoms with E-state index in [0.29, 0.717) is 18.4 Å². The van der Waals surface area contributed by atoms with Crippen LogP contribution in [0.3, 0.4) is 0 Å². The number of benzene rings is 2. The monoisotopic (exact) mass is 356 g/mol. The number of nitrogens with zero attached hydrogens (tertiary/aromatic N) is 2. The van der Waals surface area contributed by atoms with Gasteiger partial charge in [-0.15, -0.1) is 0 Å². The Balaban J connectivity index is 1.53. The molecule has 2 fully saturated rings. The summed E-state index contributed by atoms with van der Waals surface area (Å²) in [4.78, 5) is 16.4. The second-order valence-electron chi connectivity index (χ2n) is 7.39. The second kappa shape index (κ2) is 6.80. The SMILES string of the molecule is CC(=O)N1C[C@H]2CN(Cc3ccc(F)c(F)c3)C[C@H]2[C@H]1c1ccccc1. The van der Waals surface area contributed by atoms with Crippen molar-refractivity contribution in [2.75, 3.05) is 19.6 Å². The van der Waals surface area contributed by atoms with E-state index in [9.17, 15) is 13.6 Å². The second-order valence-corrected chi connectivity index (χ2v) is 7.39. The lowest BCUT2D eigenvalue weighted by Crippen LogP contribution is -2.34. The number of rotatable bonds is 3. The number of hydrogen-bond donors (Lipinski definition) is 0. The van der Waals surface area contributed by atoms with Gasteiger partial charge in [-0.3, -0.25) is 9.69 Å². The highest BCUT2D eigenvalue weighted by Gasteiger charge is 2.48. The van der Waals surface area contributed by atoms with E-state index in [0.717, 1.165) is 25.2 Å². The summed E-state index contributed by atoms with van der Waals surface area (Å²) in [5, 5.41) is 0. The van der Waals surface area contributed by atoms with E-state index in [-0.39, 0.29) is 11.9 Å². The largest absolute Gasteiger partial charge is 0.335 e. The number of likely N-dealkylation sites (tertiary alicyclic amines) is 2. The molecule has 3 atom stereocenters. The van der Waals surface area contributed by atoms with Crippen LogP contribution in [0.4, 0.5) is 8.78 Å². The van der Waals surface area contributed by atoms with Crippen LogP contribution < -0.4 is 0 Å². The van der Waals surface area contributed by atoms with Gasteiger partial charge in [-0.2, -0.15) is 0 Å². The molecule has 0 saturated carbocycles. The van der Waals surface area contributed by atoms with Crippen LogP contribution in [0.2, 0.25) is 0 Å². The highest BCUT2D eigenvalue weighted by atomic mass is 19.2. The van der Waals surface area contributed by atoms with Crippen molar-refractivity contribution >= 4 is 5.91 Å². The van der Waals surface area contributed by atoms with Gasteiger partial charge in [0.25, 0.3) is 0 Å². The van der Waals surface area contributed by atoms with Crippen molar-refractivity contribution in [3.63, 3.8) is 0 Å². The van der Waals surface area contributed by atoms with Crippen molar-refractivity contribution in [3.8, 4) is 0 Å². The Kier molecular flexibility index (Phi) is 4.49. The minimum Gasteiger partial charge on any atom is -0.335 e. The molecule has 2 aliphatic heterocycles. The smallest absolute Gasteiger partial charge is 0.219 e. The molecule has 4 rings (SSSR count). The summed E-state index contributed by atoms with van der Waals surface area (Å²) < 4.78 is 26.6. The van der Waals surface area contributed by atoms with Crippen LogP contribution in [0.15, 0.2) is 48.5 Å². The van der Waals surface area contributed by atoms with Gasteiger partial charge in [0.1, 0.15) is 0 Å². The average Bonchev–Trinajstić information content (AvgIpc) is 3.16. The minimum atomic E-state index is -0.812. The molecule has 0 N–H and O–H groups in total. The van der Waals surface area contributed by atoms with E-state index in [2.05, 4.69) is 17.0 Å². The maximum atomic E-state index is 13.5. The summed E-state index contributed by atoms with van der Waals surface area (Å²) in [6.07, 6.45) is 0. The average molecular weight is 356 g/mol. The molecule has 2 saturated heterocycles. The van der Waals surface area contributed by atoms with Gasteiger partial charge < -0.3 is 4.90 Å². The van der Waals surface area contributed by atoms with Crippen LogP contribution in [0.5, 0.6) is 0 Å². The molecular formula is C21H22F2N2O. The topological polar surface area (TPSA) is 23.6 Å². The Hall–Kier alpha value is -2.27. The van der Waals surface area contributed by atoms with Crippen molar-refractivity contribution in [2.24, 2.45) is 11.8 Å². The number of carbonyl (C=O) groups is 1. The zero-order chi connectivity index (χ0) is 18.3. The summed E-state index contributed by atoms with van der Waals surface area (Å²) >= 11 is 0. The van der Waals surface area contributed by atoms with E-state index < -0.39 is 11.6 Å². The van der Waals surface area contributed by atoms with Gasteiger partial charge in [-0.05, 0) is 29.2 Å². The quantitative estimate of drug-likeness (QED) is 0.839. The van der Waals surface area contributed by atoms with Crippen LogP contribution in [0.1, 0.15) is 24.1 Å². The molecule has 136 valence electrons. The molecule has 0 spiro atoms. The van der Waals surface area contributed by atoms with Gasteiger partial charge in [-0.1, -0.05) is 36.4 Å². The van der Waals surface area contributed by atoms with Crippen LogP contribution in [-0.4, -0.2) is 35.3 Å². The fourth-order valence-electron chi connectivity index (χ4n) is 4.56. The molecule has 2 aliphatic rings. The Morgan fingerprint density at radius 2 is 1.81 bits per heavy atom. The molecule has 2 aromatic carbocycles. The molecule has 1 amide bonds. The summed E-state index contributed by atoms with van der Waals surface area (Å²) in [5.74, 6) is -0.721. The van der Waals surface area contributed by atoms with Gasteiger partial charge in [0.15, 0.2) is 11.6 Å². The molecule has 0 radical (unpaired) electrons. The zero-order valence-electron chi connectivity index (χ0n) is 14.7. The molecule has 0 aliphatic carbocycles. The number of fused-ring (bicyclic) bond motifs is 1. The molecule has 26 heavy (non-hydrogen) atoms. The van der Waals surface area contributed by atoms with Crippen molar-refractivity contribution in [1.82, 2.24) is 9.80 Å². The number of carbonyl (C=O) groups excluding carboxylic acids is 1. The molecule has 5 heteroatoms. The third-order valence-electron chi connectivity index (χ3n) is 5.68.